The van der Waals surface area contributed by atoms with Gasteiger partial charge in [0.1, 0.15) is 0 Å². The fourth-order valence-electron chi connectivity index (χ4n) is 0.935. The lowest BCUT2D eigenvalue weighted by Crippen LogP contribution is -2.45. The van der Waals surface area contributed by atoms with Gasteiger partial charge in [0.05, 0.1) is 12.8 Å². The van der Waals surface area contributed by atoms with E-state index in [2.05, 4.69) is 19.2 Å². The monoisotopic (exact) mass is 146 g/mol. The molecular weight excluding hydrogens is 128 g/mol. The second-order valence-electron chi connectivity index (χ2n) is 2.65. The van der Waals surface area contributed by atoms with Crippen LogP contribution in [-0.4, -0.2) is 23.9 Å². The Morgan fingerprint density at radius 3 is 2.60 bits per heavy atom. The molecule has 3 nitrogen and oxygen atoms in total. The van der Waals surface area contributed by atoms with Crippen molar-refractivity contribution in [3.63, 3.8) is 0 Å². The fraction of sp³-hybridized carbons (Fsp3) is 1.00. The van der Waals surface area contributed by atoms with Gasteiger partial charge in [-0.05, 0) is 13.3 Å². The van der Waals surface area contributed by atoms with Crippen molar-refractivity contribution in [3.05, 3.63) is 0 Å². The van der Waals surface area contributed by atoms with Gasteiger partial charge < -0.3 is 10.8 Å². The van der Waals surface area contributed by atoms with Crippen molar-refractivity contribution in [1.29, 1.82) is 0 Å². The van der Waals surface area contributed by atoms with Crippen LogP contribution in [-0.2, 0) is 0 Å². The van der Waals surface area contributed by atoms with Gasteiger partial charge >= 0.3 is 0 Å². The number of nitrogens with two attached hydrogens (primary N) is 1. The molecule has 2 unspecified atom stereocenters. The van der Waals surface area contributed by atoms with Crippen LogP contribution in [0.25, 0.3) is 0 Å². The highest BCUT2D eigenvalue weighted by molar-refractivity contribution is 4.64. The lowest BCUT2D eigenvalue weighted by atomic mass is 10.2. The van der Waals surface area contributed by atoms with Gasteiger partial charge in [-0.25, -0.2) is 0 Å². The molecule has 0 rings (SSSR count). The summed E-state index contributed by atoms with van der Waals surface area (Å²) in [4.78, 5) is 0. The Hall–Kier alpha value is -0.120. The highest BCUT2D eigenvalue weighted by atomic mass is 16.3. The number of hydrogen-bond donors (Lipinski definition) is 3. The van der Waals surface area contributed by atoms with Crippen molar-refractivity contribution in [2.75, 3.05) is 6.61 Å². The Balaban J connectivity index is 3.27. The van der Waals surface area contributed by atoms with E-state index < -0.39 is 0 Å². The Morgan fingerprint density at radius 2 is 2.20 bits per heavy atom. The van der Waals surface area contributed by atoms with E-state index in [1.165, 1.54) is 0 Å². The zero-order valence-corrected chi connectivity index (χ0v) is 6.80. The summed E-state index contributed by atoms with van der Waals surface area (Å²) in [6, 6.07) is 0.409. The molecule has 0 saturated carbocycles. The third-order valence-corrected chi connectivity index (χ3v) is 1.42. The van der Waals surface area contributed by atoms with Crippen LogP contribution in [0, 0.1) is 0 Å². The molecule has 62 valence electrons. The van der Waals surface area contributed by atoms with Gasteiger partial charge in [0.25, 0.3) is 0 Å². The Bertz CT molecular complexity index is 78.0. The highest BCUT2D eigenvalue weighted by Gasteiger charge is 2.03. The van der Waals surface area contributed by atoms with Crippen LogP contribution in [0.15, 0.2) is 0 Å². The molecule has 0 spiro atoms. The standard InChI is InChI=1S/C7H18N2O/c1-3-4-6(2)9-7(8)5-10/h6-7,9-10H,3-5,8H2,1-2H3. The predicted octanol–water partition coefficient (Wildman–Crippen LogP) is 0.0417. The normalized spacial score (nSPS) is 16.8. The second kappa shape index (κ2) is 5.65. The maximum absolute atomic E-state index is 8.56. The van der Waals surface area contributed by atoms with Crippen LogP contribution in [0.1, 0.15) is 26.7 Å². The topological polar surface area (TPSA) is 58.3 Å². The Labute approximate surface area is 62.6 Å². The second-order valence-corrected chi connectivity index (χ2v) is 2.65. The summed E-state index contributed by atoms with van der Waals surface area (Å²) in [5.41, 5.74) is 5.44. The smallest absolute Gasteiger partial charge is 0.0787 e. The first-order valence-corrected chi connectivity index (χ1v) is 3.83. The summed E-state index contributed by atoms with van der Waals surface area (Å²) < 4.78 is 0. The van der Waals surface area contributed by atoms with Crippen molar-refractivity contribution in [1.82, 2.24) is 5.32 Å². The van der Waals surface area contributed by atoms with Gasteiger partial charge in [0.2, 0.25) is 0 Å². The van der Waals surface area contributed by atoms with Gasteiger partial charge in [0.15, 0.2) is 0 Å². The first kappa shape index (κ1) is 9.88. The lowest BCUT2D eigenvalue weighted by Gasteiger charge is -2.16. The van der Waals surface area contributed by atoms with E-state index in [1.54, 1.807) is 0 Å². The minimum atomic E-state index is -0.262. The van der Waals surface area contributed by atoms with Crippen molar-refractivity contribution in [3.8, 4) is 0 Å². The average molecular weight is 146 g/mol. The Kier molecular flexibility index (Phi) is 5.58. The summed E-state index contributed by atoms with van der Waals surface area (Å²) in [5, 5.41) is 11.6. The first-order valence-electron chi connectivity index (χ1n) is 3.83. The van der Waals surface area contributed by atoms with E-state index in [9.17, 15) is 0 Å². The third-order valence-electron chi connectivity index (χ3n) is 1.42. The van der Waals surface area contributed by atoms with Crippen LogP contribution in [0.5, 0.6) is 0 Å². The van der Waals surface area contributed by atoms with E-state index in [0.717, 1.165) is 12.8 Å². The lowest BCUT2D eigenvalue weighted by molar-refractivity contribution is 0.234. The summed E-state index contributed by atoms with van der Waals surface area (Å²) in [6.07, 6.45) is 1.99. The van der Waals surface area contributed by atoms with E-state index in [4.69, 9.17) is 10.8 Å². The fourth-order valence-corrected chi connectivity index (χ4v) is 0.935. The quantitative estimate of drug-likeness (QED) is 0.480. The zero-order chi connectivity index (χ0) is 7.98. The molecule has 10 heavy (non-hydrogen) atoms. The van der Waals surface area contributed by atoms with Crippen molar-refractivity contribution >= 4 is 0 Å². The molecule has 2 atom stereocenters. The van der Waals surface area contributed by atoms with Crippen LogP contribution in [0.4, 0.5) is 0 Å². The number of rotatable bonds is 5. The molecule has 0 amide bonds. The molecule has 0 aliphatic rings. The molecule has 0 aromatic heterocycles. The third kappa shape index (κ3) is 4.73. The molecule has 0 bridgehead atoms. The molecule has 3 heteroatoms. The largest absolute Gasteiger partial charge is 0.393 e. The van der Waals surface area contributed by atoms with Gasteiger partial charge in [-0.2, -0.15) is 0 Å². The van der Waals surface area contributed by atoms with Crippen molar-refractivity contribution in [2.45, 2.75) is 38.9 Å². The summed E-state index contributed by atoms with van der Waals surface area (Å²) >= 11 is 0. The number of aliphatic hydroxyl groups is 1. The number of hydrogen-bond acceptors (Lipinski definition) is 3. The highest BCUT2D eigenvalue weighted by Crippen LogP contribution is 1.94. The van der Waals surface area contributed by atoms with Gasteiger partial charge in [0, 0.05) is 6.04 Å². The van der Waals surface area contributed by atoms with Gasteiger partial charge in [-0.3, -0.25) is 5.32 Å². The molecule has 0 aliphatic heterocycles. The molecule has 0 aromatic rings. The van der Waals surface area contributed by atoms with Gasteiger partial charge in [-0.1, -0.05) is 13.3 Å². The molecule has 0 fully saturated rings. The maximum atomic E-state index is 8.56. The molecule has 0 aliphatic carbocycles. The maximum Gasteiger partial charge on any atom is 0.0787 e. The van der Waals surface area contributed by atoms with Crippen LogP contribution in [0.2, 0.25) is 0 Å². The summed E-state index contributed by atoms with van der Waals surface area (Å²) in [7, 11) is 0. The van der Waals surface area contributed by atoms with Crippen LogP contribution >= 0.6 is 0 Å². The predicted molar refractivity (Wildman–Crippen MR) is 42.6 cm³/mol. The number of nitrogens with one attached hydrogen (secondary N) is 1. The molecule has 0 saturated heterocycles. The van der Waals surface area contributed by atoms with Gasteiger partial charge in [-0.15, -0.1) is 0 Å². The minimum absolute atomic E-state index is 0.00799. The van der Waals surface area contributed by atoms with E-state index in [-0.39, 0.29) is 12.8 Å². The summed E-state index contributed by atoms with van der Waals surface area (Å²) in [5.74, 6) is 0. The molecule has 0 radical (unpaired) electrons. The number of aliphatic hydroxyl groups excluding tert-OH is 1. The summed E-state index contributed by atoms with van der Waals surface area (Å²) in [6.45, 7) is 4.20. The molecule has 0 aromatic carbocycles. The average Bonchev–Trinajstić information content (AvgIpc) is 1.88. The first-order chi connectivity index (χ1) is 4.70. The Morgan fingerprint density at radius 1 is 1.60 bits per heavy atom. The zero-order valence-electron chi connectivity index (χ0n) is 6.80. The molecule has 0 heterocycles. The van der Waals surface area contributed by atoms with Crippen molar-refractivity contribution < 1.29 is 5.11 Å². The van der Waals surface area contributed by atoms with Crippen molar-refractivity contribution in [2.24, 2.45) is 5.73 Å². The minimum Gasteiger partial charge on any atom is -0.393 e. The van der Waals surface area contributed by atoms with E-state index in [1.807, 2.05) is 0 Å². The van der Waals surface area contributed by atoms with Crippen LogP contribution in [0.3, 0.4) is 0 Å². The van der Waals surface area contributed by atoms with E-state index >= 15 is 0 Å². The molecule has 4 N–H and O–H groups in total. The molecular formula is C7H18N2O. The van der Waals surface area contributed by atoms with E-state index in [0.29, 0.717) is 6.04 Å². The van der Waals surface area contributed by atoms with Crippen LogP contribution < -0.4 is 11.1 Å². The SMILES string of the molecule is CCCC(C)NC(N)CO.